The molecule has 0 bridgehead atoms. The summed E-state index contributed by atoms with van der Waals surface area (Å²) in [6.45, 7) is 2.25. The summed E-state index contributed by atoms with van der Waals surface area (Å²) in [5.74, 6) is 0. The Morgan fingerprint density at radius 1 is 1.36 bits per heavy atom. The number of aryl methyl sites for hydroxylation is 1. The molecule has 1 rings (SSSR count). The number of benzene rings is 1. The third-order valence-corrected chi connectivity index (χ3v) is 12.3. The van der Waals surface area contributed by atoms with Gasteiger partial charge in [0.2, 0.25) is 0 Å². The van der Waals surface area contributed by atoms with Crippen LogP contribution in [0.25, 0.3) is 0 Å². The first-order valence-electron chi connectivity index (χ1n) is 4.88. The molecule has 4 atom stereocenters. The van der Waals surface area contributed by atoms with Crippen molar-refractivity contribution in [2.45, 2.75) is 26.2 Å². The maximum atomic E-state index is 3.00. The lowest BCUT2D eigenvalue weighted by Gasteiger charge is -2.14. The van der Waals surface area contributed by atoms with Crippen LogP contribution < -0.4 is 5.30 Å². The molecule has 0 saturated carbocycles. The van der Waals surface area contributed by atoms with Gasteiger partial charge in [0.25, 0.3) is 0 Å². The van der Waals surface area contributed by atoms with Crippen molar-refractivity contribution in [2.24, 2.45) is 0 Å². The fourth-order valence-corrected chi connectivity index (χ4v) is 5.35. The van der Waals surface area contributed by atoms with Crippen molar-refractivity contribution in [3.05, 3.63) is 29.8 Å². The van der Waals surface area contributed by atoms with Gasteiger partial charge in [-0.2, -0.15) is 0 Å². The Kier molecular flexibility index (Phi) is 6.74. The summed E-state index contributed by atoms with van der Waals surface area (Å²) < 4.78 is 0. The van der Waals surface area contributed by atoms with E-state index in [9.17, 15) is 0 Å². The second-order valence-electron chi connectivity index (χ2n) is 3.23. The van der Waals surface area contributed by atoms with E-state index in [2.05, 4.69) is 49.0 Å². The summed E-state index contributed by atoms with van der Waals surface area (Å²) in [5.41, 5.74) is 1.56. The predicted octanol–water partition coefficient (Wildman–Crippen LogP) is 4.31. The van der Waals surface area contributed by atoms with E-state index in [0.717, 1.165) is 7.96 Å². The molecule has 0 radical (unpaired) electrons. The molecule has 1 aromatic rings. The van der Waals surface area contributed by atoms with Gasteiger partial charge < -0.3 is 0 Å². The molecular weight excluding hydrogens is 244 g/mol. The van der Waals surface area contributed by atoms with Gasteiger partial charge in [-0.05, 0) is 31.0 Å². The lowest BCUT2D eigenvalue weighted by Crippen LogP contribution is -2.03. The molecule has 4 unspecified atom stereocenters. The Hall–Kier alpha value is 0.940. The number of hydrogen-bond acceptors (Lipinski definition) is 0. The molecule has 0 nitrogen and oxygen atoms in total. The average molecular weight is 262 g/mol. The molecule has 0 fully saturated rings. The van der Waals surface area contributed by atoms with Crippen LogP contribution in [0.4, 0.5) is 0 Å². The van der Waals surface area contributed by atoms with E-state index in [-0.39, 0.29) is 7.30 Å². The van der Waals surface area contributed by atoms with Crippen LogP contribution in [-0.2, 0) is 6.42 Å². The summed E-state index contributed by atoms with van der Waals surface area (Å²) >= 11 is 0. The van der Waals surface area contributed by atoms with E-state index in [1.165, 1.54) is 19.3 Å². The summed E-state index contributed by atoms with van der Waals surface area (Å²) in [7, 11) is 6.83. The van der Waals surface area contributed by atoms with Crippen molar-refractivity contribution >= 4 is 38.4 Å². The van der Waals surface area contributed by atoms with E-state index >= 15 is 0 Å². The van der Waals surface area contributed by atoms with Crippen molar-refractivity contribution in [3.8, 4) is 0 Å². The van der Waals surface area contributed by atoms with Crippen molar-refractivity contribution in [3.63, 3.8) is 0 Å². The molecule has 0 aromatic heterocycles. The smallest absolute Gasteiger partial charge is 0.0126 e. The SMILES string of the molecule is CCCCc1ccccc1P(P)PP. The van der Waals surface area contributed by atoms with E-state index in [4.69, 9.17) is 0 Å². The minimum absolute atomic E-state index is 0.00340. The molecule has 0 spiro atoms. The first-order chi connectivity index (χ1) is 6.79. The summed E-state index contributed by atoms with van der Waals surface area (Å²) in [6.07, 6.45) is 3.84. The van der Waals surface area contributed by atoms with Crippen LogP contribution in [0.15, 0.2) is 24.3 Å². The van der Waals surface area contributed by atoms with E-state index in [1.54, 1.807) is 10.9 Å². The summed E-state index contributed by atoms with van der Waals surface area (Å²) in [6, 6.07) is 8.90. The normalized spacial score (nSPS) is 13.6. The first-order valence-corrected chi connectivity index (χ1v) is 11.5. The Bertz CT molecular complexity index is 275. The van der Waals surface area contributed by atoms with Crippen molar-refractivity contribution in [1.82, 2.24) is 0 Å². The fraction of sp³-hybridized carbons (Fsp3) is 0.400. The highest BCUT2D eigenvalue weighted by molar-refractivity contribution is 8.63. The van der Waals surface area contributed by atoms with Gasteiger partial charge in [0.05, 0.1) is 0 Å². The molecule has 0 aliphatic heterocycles. The molecular formula is C10H18P4. The zero-order valence-electron chi connectivity index (χ0n) is 8.53. The predicted molar refractivity (Wildman–Crippen MR) is 79.3 cm³/mol. The third-order valence-electron chi connectivity index (χ3n) is 2.19. The minimum Gasteiger partial charge on any atom is -0.109 e. The molecule has 4 heteroatoms. The van der Waals surface area contributed by atoms with E-state index < -0.39 is 0 Å². The lowest BCUT2D eigenvalue weighted by atomic mass is 10.1. The summed E-state index contributed by atoms with van der Waals surface area (Å²) in [4.78, 5) is 0. The van der Waals surface area contributed by atoms with Gasteiger partial charge in [0, 0.05) is 0 Å². The highest BCUT2D eigenvalue weighted by Gasteiger charge is 2.07. The topological polar surface area (TPSA) is 0 Å². The highest BCUT2D eigenvalue weighted by Crippen LogP contribution is 2.65. The second kappa shape index (κ2) is 7.25. The van der Waals surface area contributed by atoms with Crippen molar-refractivity contribution in [2.75, 3.05) is 0 Å². The van der Waals surface area contributed by atoms with Gasteiger partial charge >= 0.3 is 0 Å². The molecule has 1 aromatic carbocycles. The standard InChI is InChI=1S/C10H18P4/c1-2-3-6-9-7-4-5-8-10(9)14(12)13-11/h4-5,7-8,13H,2-3,6,11-12H2,1H3. The third kappa shape index (κ3) is 3.83. The highest BCUT2D eigenvalue weighted by atomic mass is 32.6. The molecule has 78 valence electrons. The van der Waals surface area contributed by atoms with Crippen LogP contribution in [0.3, 0.4) is 0 Å². The zero-order chi connectivity index (χ0) is 10.4. The quantitative estimate of drug-likeness (QED) is 0.693. The zero-order valence-corrected chi connectivity index (χ0v) is 12.7. The summed E-state index contributed by atoms with van der Waals surface area (Å²) in [5, 5.41) is 1.58. The average Bonchev–Trinajstić information content (AvgIpc) is 2.25. The number of unbranched alkanes of at least 4 members (excludes halogenated alkanes) is 1. The van der Waals surface area contributed by atoms with Crippen LogP contribution in [-0.4, -0.2) is 0 Å². The maximum absolute atomic E-state index is 3.00. The fourth-order valence-electron chi connectivity index (χ4n) is 1.39. The Labute approximate surface area is 94.7 Å². The maximum Gasteiger partial charge on any atom is -0.0126 e. The molecule has 0 heterocycles. The minimum atomic E-state index is -0.00340. The van der Waals surface area contributed by atoms with Gasteiger partial charge in [-0.25, -0.2) is 0 Å². The van der Waals surface area contributed by atoms with Crippen molar-refractivity contribution in [1.29, 1.82) is 0 Å². The van der Waals surface area contributed by atoms with Gasteiger partial charge in [-0.3, -0.25) is 0 Å². The van der Waals surface area contributed by atoms with Gasteiger partial charge in [0.15, 0.2) is 0 Å². The molecule has 0 N–H and O–H groups in total. The van der Waals surface area contributed by atoms with Crippen LogP contribution in [0.5, 0.6) is 0 Å². The van der Waals surface area contributed by atoms with Crippen LogP contribution in [0.1, 0.15) is 25.3 Å². The monoisotopic (exact) mass is 262 g/mol. The molecule has 0 amide bonds. The molecule has 0 aliphatic carbocycles. The Balaban J connectivity index is 2.79. The van der Waals surface area contributed by atoms with Gasteiger partial charge in [-0.1, -0.05) is 45.6 Å². The van der Waals surface area contributed by atoms with Crippen LogP contribution in [0.2, 0.25) is 0 Å². The number of rotatable bonds is 5. The first kappa shape index (κ1) is 13.0. The number of hydrogen-bond donors (Lipinski definition) is 0. The largest absolute Gasteiger partial charge is 0.109 e. The van der Waals surface area contributed by atoms with Gasteiger partial charge in [0.1, 0.15) is 0 Å². The van der Waals surface area contributed by atoms with E-state index in [1.807, 2.05) is 0 Å². The van der Waals surface area contributed by atoms with Gasteiger partial charge in [-0.15, -0.1) is 17.9 Å². The Morgan fingerprint density at radius 2 is 2.07 bits per heavy atom. The molecule has 14 heavy (non-hydrogen) atoms. The van der Waals surface area contributed by atoms with Crippen molar-refractivity contribution < 1.29 is 0 Å². The molecule has 0 aliphatic rings. The lowest BCUT2D eigenvalue weighted by molar-refractivity contribution is 0.798. The van der Waals surface area contributed by atoms with E-state index in [0.29, 0.717) is 0 Å². The molecule has 0 saturated heterocycles. The van der Waals surface area contributed by atoms with Crippen LogP contribution in [0, 0.1) is 0 Å². The Morgan fingerprint density at radius 3 is 2.71 bits per heavy atom. The van der Waals surface area contributed by atoms with Crippen LogP contribution >= 0.6 is 33.1 Å². The second-order valence-corrected chi connectivity index (χ2v) is 12.4.